The maximum atomic E-state index is 6.10. The zero-order valence-electron chi connectivity index (χ0n) is 21.6. The number of nitrogens with zero attached hydrogens (tertiary/aromatic N) is 1. The van der Waals surface area contributed by atoms with Crippen molar-refractivity contribution in [3.63, 3.8) is 0 Å². The topological polar surface area (TPSA) is 18.1 Å². The summed E-state index contributed by atoms with van der Waals surface area (Å²) in [6, 6.07) is 47.9. The van der Waals surface area contributed by atoms with Crippen LogP contribution in [0.5, 0.6) is 0 Å². The van der Waals surface area contributed by atoms with Gasteiger partial charge in [-0.1, -0.05) is 90.5 Å². The van der Waals surface area contributed by atoms with Gasteiger partial charge in [0, 0.05) is 27.2 Å². The lowest BCUT2D eigenvalue weighted by molar-refractivity contribution is 0.669. The first-order valence-corrected chi connectivity index (χ1v) is 13.4. The van der Waals surface area contributed by atoms with Gasteiger partial charge in [-0.15, -0.1) is 0 Å². The Balaban J connectivity index is 1.32. The quantitative estimate of drug-likeness (QED) is 0.236. The molecule has 0 aliphatic carbocycles. The highest BCUT2D eigenvalue weighted by molar-refractivity contribution is 6.11. The summed E-state index contributed by atoms with van der Waals surface area (Å²) in [5.41, 5.74) is 11.6. The number of aryl methyl sites for hydroxylation is 1. The minimum absolute atomic E-state index is 0.913. The van der Waals surface area contributed by atoms with Crippen LogP contribution >= 0.6 is 0 Å². The number of rotatable bonds is 3. The number of fused-ring (bicyclic) bond motifs is 6. The van der Waals surface area contributed by atoms with Crippen molar-refractivity contribution >= 4 is 43.7 Å². The first-order valence-electron chi connectivity index (χ1n) is 13.4. The maximum absolute atomic E-state index is 6.10. The van der Waals surface area contributed by atoms with E-state index in [1.54, 1.807) is 0 Å². The van der Waals surface area contributed by atoms with Gasteiger partial charge in [0.2, 0.25) is 0 Å². The summed E-state index contributed by atoms with van der Waals surface area (Å²) in [7, 11) is 0. The van der Waals surface area contributed by atoms with E-state index in [-0.39, 0.29) is 0 Å². The van der Waals surface area contributed by atoms with Crippen molar-refractivity contribution < 1.29 is 4.42 Å². The molecule has 0 unspecified atom stereocenters. The molecule has 0 saturated carbocycles. The first kappa shape index (κ1) is 22.0. The molecule has 0 spiro atoms. The van der Waals surface area contributed by atoms with E-state index >= 15 is 0 Å². The van der Waals surface area contributed by atoms with Gasteiger partial charge in [0.05, 0.1) is 11.0 Å². The minimum Gasteiger partial charge on any atom is -0.456 e. The van der Waals surface area contributed by atoms with E-state index in [4.69, 9.17) is 4.42 Å². The highest BCUT2D eigenvalue weighted by atomic mass is 16.3. The number of hydrogen-bond acceptors (Lipinski definition) is 1. The molecule has 2 nitrogen and oxygen atoms in total. The summed E-state index contributed by atoms with van der Waals surface area (Å²) in [6.45, 7) is 2.14. The third-order valence-electron chi connectivity index (χ3n) is 7.84. The molecule has 2 heterocycles. The molecule has 0 aliphatic rings. The number of aromatic nitrogens is 1. The summed E-state index contributed by atoms with van der Waals surface area (Å²) >= 11 is 0. The fraction of sp³-hybridized carbons (Fsp3) is 0.0270. The highest BCUT2D eigenvalue weighted by Crippen LogP contribution is 2.37. The van der Waals surface area contributed by atoms with Crippen molar-refractivity contribution in [2.75, 3.05) is 0 Å². The van der Waals surface area contributed by atoms with E-state index in [0.717, 1.165) is 27.6 Å². The summed E-state index contributed by atoms with van der Waals surface area (Å²) in [5, 5.41) is 4.78. The predicted molar refractivity (Wildman–Crippen MR) is 164 cm³/mol. The summed E-state index contributed by atoms with van der Waals surface area (Å²) in [4.78, 5) is 0. The van der Waals surface area contributed by atoms with Gasteiger partial charge in [-0.3, -0.25) is 0 Å². The third-order valence-corrected chi connectivity index (χ3v) is 7.84. The second-order valence-corrected chi connectivity index (χ2v) is 10.3. The fourth-order valence-electron chi connectivity index (χ4n) is 5.99. The summed E-state index contributed by atoms with van der Waals surface area (Å²) in [6.07, 6.45) is 0. The van der Waals surface area contributed by atoms with Crippen LogP contribution in [0.25, 0.3) is 71.7 Å². The van der Waals surface area contributed by atoms with Gasteiger partial charge in [-0.05, 0) is 77.7 Å². The van der Waals surface area contributed by atoms with E-state index in [1.165, 1.54) is 49.6 Å². The monoisotopic (exact) mass is 499 g/mol. The molecule has 0 bridgehead atoms. The Bertz CT molecular complexity index is 2190. The molecule has 6 aromatic carbocycles. The van der Waals surface area contributed by atoms with Gasteiger partial charge in [-0.2, -0.15) is 0 Å². The molecule has 8 rings (SSSR count). The van der Waals surface area contributed by atoms with E-state index in [0.29, 0.717) is 0 Å². The zero-order valence-corrected chi connectivity index (χ0v) is 21.6. The molecular formula is C37H25NO. The van der Waals surface area contributed by atoms with Crippen molar-refractivity contribution in [1.29, 1.82) is 0 Å². The van der Waals surface area contributed by atoms with Crippen LogP contribution in [0.3, 0.4) is 0 Å². The molecule has 8 aromatic rings. The lowest BCUT2D eigenvalue weighted by Crippen LogP contribution is -1.93. The molecule has 39 heavy (non-hydrogen) atoms. The molecular weight excluding hydrogens is 474 g/mol. The molecule has 0 fully saturated rings. The van der Waals surface area contributed by atoms with Crippen molar-refractivity contribution in [3.05, 3.63) is 139 Å². The van der Waals surface area contributed by atoms with Crippen LogP contribution in [-0.4, -0.2) is 4.57 Å². The number of furan rings is 1. The first-order chi connectivity index (χ1) is 19.2. The van der Waals surface area contributed by atoms with Gasteiger partial charge < -0.3 is 8.98 Å². The summed E-state index contributed by atoms with van der Waals surface area (Å²) < 4.78 is 8.48. The zero-order chi connectivity index (χ0) is 25.9. The van der Waals surface area contributed by atoms with Crippen LogP contribution in [0.1, 0.15) is 5.56 Å². The molecule has 2 heteroatoms. The molecule has 0 atom stereocenters. The van der Waals surface area contributed by atoms with Gasteiger partial charge in [0.1, 0.15) is 11.2 Å². The average Bonchev–Trinajstić information content (AvgIpc) is 3.52. The highest BCUT2D eigenvalue weighted by Gasteiger charge is 2.15. The Morgan fingerprint density at radius 3 is 1.95 bits per heavy atom. The molecule has 2 aromatic heterocycles. The van der Waals surface area contributed by atoms with Crippen LogP contribution < -0.4 is 0 Å². The second-order valence-electron chi connectivity index (χ2n) is 10.3. The summed E-state index contributed by atoms with van der Waals surface area (Å²) in [5.74, 6) is 0. The van der Waals surface area contributed by atoms with Gasteiger partial charge >= 0.3 is 0 Å². The third kappa shape index (κ3) is 3.49. The van der Waals surface area contributed by atoms with Crippen LogP contribution in [0.2, 0.25) is 0 Å². The number of benzene rings is 6. The van der Waals surface area contributed by atoms with Crippen molar-refractivity contribution in [2.45, 2.75) is 6.92 Å². The van der Waals surface area contributed by atoms with Crippen LogP contribution in [0.15, 0.2) is 138 Å². The largest absolute Gasteiger partial charge is 0.456 e. The van der Waals surface area contributed by atoms with E-state index in [9.17, 15) is 0 Å². The number of para-hydroxylation sites is 2. The molecule has 184 valence electrons. The van der Waals surface area contributed by atoms with Gasteiger partial charge in [0.15, 0.2) is 0 Å². The number of hydrogen-bond donors (Lipinski definition) is 0. The normalized spacial score (nSPS) is 11.7. The lowest BCUT2D eigenvalue weighted by Gasteiger charge is -2.09. The molecule has 0 N–H and O–H groups in total. The Morgan fingerprint density at radius 1 is 0.436 bits per heavy atom. The van der Waals surface area contributed by atoms with Crippen LogP contribution in [0, 0.1) is 6.92 Å². The van der Waals surface area contributed by atoms with Gasteiger partial charge in [0.25, 0.3) is 0 Å². The SMILES string of the molecule is Cc1cccc(-c2cccc(-c3ccc4c(c3)c3ccccc3n4-c3ccc4oc5ccccc5c4c3)c2)c1. The predicted octanol–water partition coefficient (Wildman–Crippen LogP) is 10.3. The fourth-order valence-corrected chi connectivity index (χ4v) is 5.99. The molecule has 0 radical (unpaired) electrons. The van der Waals surface area contributed by atoms with E-state index in [1.807, 2.05) is 12.1 Å². The van der Waals surface area contributed by atoms with Crippen molar-refractivity contribution in [3.8, 4) is 27.9 Å². The van der Waals surface area contributed by atoms with Crippen LogP contribution in [0.4, 0.5) is 0 Å². The van der Waals surface area contributed by atoms with E-state index < -0.39 is 0 Å². The Hall–Kier alpha value is -5.08. The standard InChI is InChI=1S/C37H25NO/c1-24-8-6-9-25(20-24)26-10-7-11-27(21-26)28-16-18-35-32(22-28)30-12-2-4-14-34(30)38(35)29-17-19-37-33(23-29)31-13-3-5-15-36(31)39-37/h2-23H,1H3. The maximum Gasteiger partial charge on any atom is 0.135 e. The molecule has 0 saturated heterocycles. The van der Waals surface area contributed by atoms with Gasteiger partial charge in [-0.25, -0.2) is 0 Å². The van der Waals surface area contributed by atoms with Crippen LogP contribution in [-0.2, 0) is 0 Å². The minimum atomic E-state index is 0.913. The Kier molecular flexibility index (Phi) is 4.77. The molecule has 0 amide bonds. The smallest absolute Gasteiger partial charge is 0.135 e. The van der Waals surface area contributed by atoms with E-state index in [2.05, 4.69) is 133 Å². The Labute approximate surface area is 226 Å². The van der Waals surface area contributed by atoms with Crippen molar-refractivity contribution in [1.82, 2.24) is 4.57 Å². The lowest BCUT2D eigenvalue weighted by atomic mass is 9.97. The van der Waals surface area contributed by atoms with Crippen molar-refractivity contribution in [2.24, 2.45) is 0 Å². The molecule has 0 aliphatic heterocycles. The Morgan fingerprint density at radius 2 is 1.10 bits per heavy atom. The second kappa shape index (κ2) is 8.47. The average molecular weight is 500 g/mol.